The molecule has 60 valence electrons. The smallest absolute Gasteiger partial charge is 0.163 e. The molecule has 0 aromatic heterocycles. The van der Waals surface area contributed by atoms with Crippen LogP contribution in [-0.2, 0) is 11.8 Å². The standard InChI is InChI=1S/C6H13O2PS/c1-9(10)4-2-6(7,8)3-5-9/h7-8H,2-5H2,1H3. The minimum Gasteiger partial charge on any atom is -0.366 e. The summed E-state index contributed by atoms with van der Waals surface area (Å²) in [7, 11) is 0. The van der Waals surface area contributed by atoms with Crippen molar-refractivity contribution in [2.75, 3.05) is 19.0 Å². The van der Waals surface area contributed by atoms with Gasteiger partial charge in [-0.05, 0) is 25.0 Å². The fourth-order valence-corrected chi connectivity index (χ4v) is 3.50. The lowest BCUT2D eigenvalue weighted by atomic mass is 10.1. The van der Waals surface area contributed by atoms with Crippen LogP contribution in [0.5, 0.6) is 0 Å². The quantitative estimate of drug-likeness (QED) is 0.423. The van der Waals surface area contributed by atoms with Crippen LogP contribution in [0.1, 0.15) is 12.8 Å². The normalized spacial score (nSPS) is 29.9. The Morgan fingerprint density at radius 3 is 2.00 bits per heavy atom. The van der Waals surface area contributed by atoms with E-state index in [0.717, 1.165) is 12.3 Å². The van der Waals surface area contributed by atoms with Gasteiger partial charge in [0.25, 0.3) is 0 Å². The molecular formula is C6H13O2PS. The third kappa shape index (κ3) is 2.31. The average molecular weight is 180 g/mol. The molecule has 10 heavy (non-hydrogen) atoms. The second kappa shape index (κ2) is 2.56. The van der Waals surface area contributed by atoms with E-state index >= 15 is 0 Å². The molecule has 2 nitrogen and oxygen atoms in total. The molecule has 4 heteroatoms. The zero-order chi connectivity index (χ0) is 7.83. The Labute approximate surface area is 66.3 Å². The zero-order valence-electron chi connectivity index (χ0n) is 6.08. The van der Waals surface area contributed by atoms with Crippen LogP contribution < -0.4 is 0 Å². The van der Waals surface area contributed by atoms with Gasteiger partial charge in [0, 0.05) is 12.8 Å². The van der Waals surface area contributed by atoms with E-state index in [1.165, 1.54) is 0 Å². The Bertz CT molecular complexity index is 165. The molecule has 0 atom stereocenters. The van der Waals surface area contributed by atoms with E-state index in [2.05, 4.69) is 6.66 Å². The predicted molar refractivity (Wildman–Crippen MR) is 46.3 cm³/mol. The van der Waals surface area contributed by atoms with Crippen molar-refractivity contribution in [2.45, 2.75) is 18.6 Å². The Hall–Kier alpha value is 0.570. The first-order valence-corrected chi connectivity index (χ1v) is 7.04. The summed E-state index contributed by atoms with van der Waals surface area (Å²) in [4.78, 5) is 0. The van der Waals surface area contributed by atoms with Crippen molar-refractivity contribution in [3.05, 3.63) is 0 Å². The van der Waals surface area contributed by atoms with Crippen molar-refractivity contribution < 1.29 is 10.2 Å². The van der Waals surface area contributed by atoms with E-state index in [4.69, 9.17) is 22.0 Å². The van der Waals surface area contributed by atoms with Crippen molar-refractivity contribution in [2.24, 2.45) is 0 Å². The maximum Gasteiger partial charge on any atom is 0.163 e. The molecular weight excluding hydrogens is 167 g/mol. The van der Waals surface area contributed by atoms with E-state index < -0.39 is 11.8 Å². The van der Waals surface area contributed by atoms with Gasteiger partial charge >= 0.3 is 0 Å². The first-order valence-electron chi connectivity index (χ1n) is 3.42. The van der Waals surface area contributed by atoms with Gasteiger partial charge in [0.05, 0.1) is 0 Å². The van der Waals surface area contributed by atoms with Gasteiger partial charge in [-0.15, -0.1) is 0 Å². The van der Waals surface area contributed by atoms with Crippen LogP contribution in [0, 0.1) is 0 Å². The van der Waals surface area contributed by atoms with Gasteiger partial charge in [-0.2, -0.15) is 0 Å². The summed E-state index contributed by atoms with van der Waals surface area (Å²) >= 11 is 5.29. The zero-order valence-corrected chi connectivity index (χ0v) is 7.79. The van der Waals surface area contributed by atoms with Gasteiger partial charge in [-0.3, -0.25) is 0 Å². The molecule has 0 aromatic carbocycles. The lowest BCUT2D eigenvalue weighted by Gasteiger charge is -2.32. The molecule has 0 spiro atoms. The second-order valence-electron chi connectivity index (χ2n) is 3.23. The number of rotatable bonds is 0. The first-order chi connectivity index (χ1) is 4.41. The Morgan fingerprint density at radius 2 is 1.70 bits per heavy atom. The van der Waals surface area contributed by atoms with Crippen LogP contribution in [0.3, 0.4) is 0 Å². The average Bonchev–Trinajstić information content (AvgIpc) is 1.79. The molecule has 1 fully saturated rings. The van der Waals surface area contributed by atoms with E-state index in [1.54, 1.807) is 0 Å². The van der Waals surface area contributed by atoms with Gasteiger partial charge in [0.15, 0.2) is 5.79 Å². The van der Waals surface area contributed by atoms with Gasteiger partial charge in [0.2, 0.25) is 0 Å². The summed E-state index contributed by atoms with van der Waals surface area (Å²) in [6.45, 7) is 2.09. The molecule has 0 unspecified atom stereocenters. The highest BCUT2D eigenvalue weighted by atomic mass is 32.4. The fourth-order valence-electron chi connectivity index (χ4n) is 1.07. The second-order valence-corrected chi connectivity index (χ2v) is 9.36. The first kappa shape index (κ1) is 8.66. The lowest BCUT2D eigenvalue weighted by molar-refractivity contribution is -0.164. The van der Waals surface area contributed by atoms with Crippen molar-refractivity contribution in [3.63, 3.8) is 0 Å². The molecule has 0 bridgehead atoms. The molecule has 0 aliphatic carbocycles. The molecule has 0 amide bonds. The molecule has 0 aromatic rings. The highest BCUT2D eigenvalue weighted by Crippen LogP contribution is 2.48. The van der Waals surface area contributed by atoms with Gasteiger partial charge < -0.3 is 10.2 Å². The van der Waals surface area contributed by atoms with E-state index in [0.29, 0.717) is 12.8 Å². The molecule has 1 rings (SSSR count). The highest BCUT2D eigenvalue weighted by molar-refractivity contribution is 8.14. The SMILES string of the molecule is CP1(=S)CCC(O)(O)CC1. The number of aliphatic hydroxyl groups is 2. The van der Waals surface area contributed by atoms with Crippen LogP contribution in [0.15, 0.2) is 0 Å². The summed E-state index contributed by atoms with van der Waals surface area (Å²) < 4.78 is 0. The summed E-state index contributed by atoms with van der Waals surface area (Å²) in [5, 5.41) is 18.3. The van der Waals surface area contributed by atoms with E-state index in [1.807, 2.05) is 0 Å². The van der Waals surface area contributed by atoms with Crippen molar-refractivity contribution in [1.29, 1.82) is 0 Å². The number of hydrogen-bond acceptors (Lipinski definition) is 3. The maximum atomic E-state index is 9.13. The monoisotopic (exact) mass is 180 g/mol. The minimum absolute atomic E-state index is 0.473. The Balaban J connectivity index is 2.54. The van der Waals surface area contributed by atoms with Gasteiger partial charge in [0.1, 0.15) is 0 Å². The van der Waals surface area contributed by atoms with Crippen LogP contribution in [-0.4, -0.2) is 35.0 Å². The molecule has 1 aliphatic rings. The van der Waals surface area contributed by atoms with Crippen molar-refractivity contribution in [3.8, 4) is 0 Å². The van der Waals surface area contributed by atoms with Crippen LogP contribution in [0.25, 0.3) is 0 Å². The summed E-state index contributed by atoms with van der Waals surface area (Å²) in [5.41, 5.74) is 0. The topological polar surface area (TPSA) is 40.5 Å². The summed E-state index contributed by atoms with van der Waals surface area (Å²) in [6.07, 6.45) is 2.63. The molecule has 1 saturated heterocycles. The van der Waals surface area contributed by atoms with Crippen LogP contribution in [0.4, 0.5) is 0 Å². The highest BCUT2D eigenvalue weighted by Gasteiger charge is 2.31. The third-order valence-corrected chi connectivity index (χ3v) is 5.41. The molecule has 1 aliphatic heterocycles. The lowest BCUT2D eigenvalue weighted by Crippen LogP contribution is -2.34. The Kier molecular flexibility index (Phi) is 2.22. The van der Waals surface area contributed by atoms with Crippen molar-refractivity contribution in [1.82, 2.24) is 0 Å². The van der Waals surface area contributed by atoms with Crippen LogP contribution >= 0.6 is 6.04 Å². The summed E-state index contributed by atoms with van der Waals surface area (Å²) in [5.74, 6) is -1.40. The maximum absolute atomic E-state index is 9.13. The largest absolute Gasteiger partial charge is 0.366 e. The fraction of sp³-hybridized carbons (Fsp3) is 1.00. The summed E-state index contributed by atoms with van der Waals surface area (Å²) in [6, 6.07) is -1.15. The molecule has 0 saturated carbocycles. The molecule has 1 heterocycles. The molecule has 0 radical (unpaired) electrons. The van der Waals surface area contributed by atoms with Crippen LogP contribution in [0.2, 0.25) is 0 Å². The Morgan fingerprint density at radius 1 is 1.30 bits per heavy atom. The minimum atomic E-state index is -1.40. The van der Waals surface area contributed by atoms with E-state index in [9.17, 15) is 0 Å². The van der Waals surface area contributed by atoms with Gasteiger partial charge in [-0.1, -0.05) is 11.8 Å². The molecule has 2 N–H and O–H groups in total. The predicted octanol–water partition coefficient (Wildman–Crippen LogP) is 0.570. The van der Waals surface area contributed by atoms with E-state index in [-0.39, 0.29) is 0 Å². The van der Waals surface area contributed by atoms with Gasteiger partial charge in [-0.25, -0.2) is 0 Å². The van der Waals surface area contributed by atoms with Crippen molar-refractivity contribution >= 4 is 17.8 Å². The number of hydrogen-bond donors (Lipinski definition) is 2. The third-order valence-electron chi connectivity index (χ3n) is 1.97.